The van der Waals surface area contributed by atoms with Crippen LogP contribution in [0.1, 0.15) is 18.1 Å². The van der Waals surface area contributed by atoms with E-state index in [1.54, 1.807) is 17.1 Å². The minimum atomic E-state index is 0.460. The van der Waals surface area contributed by atoms with Gasteiger partial charge in [0.25, 0.3) is 0 Å². The maximum absolute atomic E-state index is 5.74. The largest absolute Gasteiger partial charge is 0.435 e. The first kappa shape index (κ1) is 11.9. The number of rotatable bonds is 4. The van der Waals surface area contributed by atoms with Crippen molar-refractivity contribution >= 4 is 11.6 Å². The van der Waals surface area contributed by atoms with Gasteiger partial charge in [-0.1, -0.05) is 0 Å². The van der Waals surface area contributed by atoms with Gasteiger partial charge in [-0.25, -0.2) is 4.98 Å². The number of halogens is 1. The van der Waals surface area contributed by atoms with Crippen LogP contribution < -0.4 is 4.74 Å². The molecule has 2 rings (SSSR count). The number of nitrogens with zero attached hydrogens (tertiary/aromatic N) is 3. The molecule has 0 amide bonds. The second-order valence-electron chi connectivity index (χ2n) is 3.73. The number of ether oxygens (including phenoxy) is 1. The first-order chi connectivity index (χ1) is 8.22. The van der Waals surface area contributed by atoms with Crippen LogP contribution >= 0.6 is 11.6 Å². The highest BCUT2D eigenvalue weighted by molar-refractivity contribution is 6.17. The summed E-state index contributed by atoms with van der Waals surface area (Å²) in [6, 6.07) is 1.97. The lowest BCUT2D eigenvalue weighted by Gasteiger charge is -2.06. The van der Waals surface area contributed by atoms with Gasteiger partial charge in [0.2, 0.25) is 5.88 Å². The zero-order chi connectivity index (χ0) is 12.3. The molecule has 2 heterocycles. The average molecular weight is 252 g/mol. The average Bonchev–Trinajstić information content (AvgIpc) is 2.79. The van der Waals surface area contributed by atoms with Crippen LogP contribution in [0.25, 0.3) is 0 Å². The Balaban J connectivity index is 2.18. The molecule has 0 bridgehead atoms. The molecule has 0 aliphatic rings. The Bertz CT molecular complexity index is 510. The highest BCUT2D eigenvalue weighted by Crippen LogP contribution is 2.23. The van der Waals surface area contributed by atoms with E-state index in [1.165, 1.54) is 0 Å². The zero-order valence-corrected chi connectivity index (χ0v) is 10.6. The molecule has 0 fully saturated rings. The Morgan fingerprint density at radius 1 is 1.41 bits per heavy atom. The van der Waals surface area contributed by atoms with Crippen molar-refractivity contribution < 1.29 is 4.74 Å². The maximum atomic E-state index is 5.74. The van der Waals surface area contributed by atoms with Crippen molar-refractivity contribution in [2.24, 2.45) is 0 Å². The summed E-state index contributed by atoms with van der Waals surface area (Å²) in [6.45, 7) is 4.79. The predicted molar refractivity (Wildman–Crippen MR) is 66.5 cm³/mol. The summed E-state index contributed by atoms with van der Waals surface area (Å²) >= 11 is 5.74. The van der Waals surface area contributed by atoms with Gasteiger partial charge in [0.05, 0.1) is 12.4 Å². The van der Waals surface area contributed by atoms with E-state index in [2.05, 4.69) is 10.1 Å². The van der Waals surface area contributed by atoms with Crippen LogP contribution in [-0.4, -0.2) is 14.8 Å². The second-order valence-corrected chi connectivity index (χ2v) is 4.00. The van der Waals surface area contributed by atoms with Crippen molar-refractivity contribution in [3.63, 3.8) is 0 Å². The van der Waals surface area contributed by atoms with Crippen LogP contribution in [0.3, 0.4) is 0 Å². The number of alkyl halides is 1. The minimum Gasteiger partial charge on any atom is -0.435 e. The molecule has 0 radical (unpaired) electrons. The Kier molecular flexibility index (Phi) is 3.64. The lowest BCUT2D eigenvalue weighted by molar-refractivity contribution is 0.457. The quantitative estimate of drug-likeness (QED) is 0.784. The molecule has 0 N–H and O–H groups in total. The van der Waals surface area contributed by atoms with Crippen LogP contribution in [0.5, 0.6) is 11.6 Å². The third-order valence-electron chi connectivity index (χ3n) is 2.39. The van der Waals surface area contributed by atoms with Crippen molar-refractivity contribution in [1.29, 1.82) is 0 Å². The standard InChI is InChI=1S/C12H14ClN3O/c1-3-16-8-11(7-15-16)17-12-9(2)4-10(5-13)6-14-12/h4,6-8H,3,5H2,1-2H3. The highest BCUT2D eigenvalue weighted by Gasteiger charge is 2.05. The Morgan fingerprint density at radius 3 is 2.82 bits per heavy atom. The van der Waals surface area contributed by atoms with E-state index in [9.17, 15) is 0 Å². The fourth-order valence-corrected chi connectivity index (χ4v) is 1.63. The lowest BCUT2D eigenvalue weighted by atomic mass is 10.2. The van der Waals surface area contributed by atoms with Crippen LogP contribution in [0.15, 0.2) is 24.7 Å². The summed E-state index contributed by atoms with van der Waals surface area (Å²) in [5, 5.41) is 4.14. The molecule has 2 aromatic heterocycles. The molecule has 17 heavy (non-hydrogen) atoms. The molecule has 2 aromatic rings. The lowest BCUT2D eigenvalue weighted by Crippen LogP contribution is -1.93. The molecular weight excluding hydrogens is 238 g/mol. The fraction of sp³-hybridized carbons (Fsp3) is 0.333. The van der Waals surface area contributed by atoms with Gasteiger partial charge >= 0.3 is 0 Å². The van der Waals surface area contributed by atoms with Crippen molar-refractivity contribution in [1.82, 2.24) is 14.8 Å². The minimum absolute atomic E-state index is 0.460. The van der Waals surface area contributed by atoms with Crippen LogP contribution in [0.2, 0.25) is 0 Å². The topological polar surface area (TPSA) is 39.9 Å². The molecule has 0 spiro atoms. The van der Waals surface area contributed by atoms with Crippen molar-refractivity contribution in [3.05, 3.63) is 35.8 Å². The summed E-state index contributed by atoms with van der Waals surface area (Å²) in [6.07, 6.45) is 5.25. The van der Waals surface area contributed by atoms with Gasteiger partial charge in [-0.05, 0) is 25.5 Å². The normalized spacial score (nSPS) is 10.5. The first-order valence-electron chi connectivity index (χ1n) is 5.44. The second kappa shape index (κ2) is 5.19. The third kappa shape index (κ3) is 2.77. The fourth-order valence-electron chi connectivity index (χ4n) is 1.48. The summed E-state index contributed by atoms with van der Waals surface area (Å²) in [4.78, 5) is 4.24. The monoisotopic (exact) mass is 251 g/mol. The number of hydrogen-bond donors (Lipinski definition) is 0. The SMILES string of the molecule is CCn1cc(Oc2ncc(CCl)cc2C)cn1. The molecule has 0 unspecified atom stereocenters. The van der Waals surface area contributed by atoms with E-state index in [4.69, 9.17) is 16.3 Å². The van der Waals surface area contributed by atoms with Crippen molar-refractivity contribution in [2.75, 3.05) is 0 Å². The summed E-state index contributed by atoms with van der Waals surface area (Å²) in [5.41, 5.74) is 1.95. The van der Waals surface area contributed by atoms with E-state index in [1.807, 2.05) is 26.1 Å². The van der Waals surface area contributed by atoms with E-state index < -0.39 is 0 Å². The molecule has 4 nitrogen and oxygen atoms in total. The van der Waals surface area contributed by atoms with Gasteiger partial charge in [-0.2, -0.15) is 5.10 Å². The predicted octanol–water partition coefficient (Wildman–Crippen LogP) is 3.14. The van der Waals surface area contributed by atoms with Gasteiger partial charge in [-0.15, -0.1) is 11.6 Å². The zero-order valence-electron chi connectivity index (χ0n) is 9.85. The van der Waals surface area contributed by atoms with E-state index >= 15 is 0 Å². The summed E-state index contributed by atoms with van der Waals surface area (Å²) in [7, 11) is 0. The van der Waals surface area contributed by atoms with E-state index in [0.717, 1.165) is 17.7 Å². The van der Waals surface area contributed by atoms with Gasteiger partial charge < -0.3 is 4.74 Å². The van der Waals surface area contributed by atoms with Gasteiger partial charge in [0.1, 0.15) is 0 Å². The first-order valence-corrected chi connectivity index (χ1v) is 5.98. The van der Waals surface area contributed by atoms with Gasteiger partial charge in [-0.3, -0.25) is 4.68 Å². The Hall–Kier alpha value is -1.55. The summed E-state index contributed by atoms with van der Waals surface area (Å²) in [5.74, 6) is 1.75. The molecule has 0 saturated carbocycles. The molecule has 0 saturated heterocycles. The maximum Gasteiger partial charge on any atom is 0.222 e. The van der Waals surface area contributed by atoms with Crippen LogP contribution in [0, 0.1) is 6.92 Å². The highest BCUT2D eigenvalue weighted by atomic mass is 35.5. The van der Waals surface area contributed by atoms with Crippen LogP contribution in [0.4, 0.5) is 0 Å². The van der Waals surface area contributed by atoms with Crippen molar-refractivity contribution in [3.8, 4) is 11.6 Å². The number of hydrogen-bond acceptors (Lipinski definition) is 3. The number of pyridine rings is 1. The molecule has 5 heteroatoms. The van der Waals surface area contributed by atoms with E-state index in [-0.39, 0.29) is 0 Å². The van der Waals surface area contributed by atoms with Crippen molar-refractivity contribution in [2.45, 2.75) is 26.3 Å². The van der Waals surface area contributed by atoms with Gasteiger partial charge in [0, 0.05) is 24.2 Å². The van der Waals surface area contributed by atoms with Crippen LogP contribution in [-0.2, 0) is 12.4 Å². The van der Waals surface area contributed by atoms with E-state index in [0.29, 0.717) is 17.5 Å². The molecular formula is C12H14ClN3O. The number of aromatic nitrogens is 3. The third-order valence-corrected chi connectivity index (χ3v) is 2.70. The molecule has 90 valence electrons. The molecule has 0 aliphatic carbocycles. The molecule has 0 atom stereocenters. The molecule has 0 aromatic carbocycles. The Morgan fingerprint density at radius 2 is 2.24 bits per heavy atom. The molecule has 0 aliphatic heterocycles. The Labute approximate surface area is 105 Å². The summed E-state index contributed by atoms with van der Waals surface area (Å²) < 4.78 is 7.46. The smallest absolute Gasteiger partial charge is 0.222 e. The van der Waals surface area contributed by atoms with Gasteiger partial charge in [0.15, 0.2) is 5.75 Å². The number of aryl methyl sites for hydroxylation is 2.